The molecular weight excluding hydrogens is 390 g/mol. The van der Waals surface area contributed by atoms with Gasteiger partial charge in [0, 0.05) is 27.6 Å². The second-order valence-electron chi connectivity index (χ2n) is 6.08. The van der Waals surface area contributed by atoms with Crippen LogP contribution in [0, 0.1) is 0 Å². The van der Waals surface area contributed by atoms with Crippen molar-refractivity contribution < 1.29 is 9.84 Å². The number of benzene rings is 2. The number of ether oxygens (including phenoxy) is 1. The van der Waals surface area contributed by atoms with E-state index >= 15 is 0 Å². The standard InChI is InChI=1S/C19H21BrClNO2/c20-18-4-1-5-19(24-13-14-6-8-15(21)9-7-14)17(18)11-22-10-2-3-16(22)12-23/h1,4-9,16,23H,2-3,10-13H2/t16-/m0/s1. The Hall–Kier alpha value is -1.07. The molecule has 0 spiro atoms. The van der Waals surface area contributed by atoms with Crippen molar-refractivity contribution in [3.63, 3.8) is 0 Å². The molecule has 0 radical (unpaired) electrons. The molecule has 1 saturated heterocycles. The zero-order valence-corrected chi connectivity index (χ0v) is 15.8. The molecule has 1 heterocycles. The fourth-order valence-electron chi connectivity index (χ4n) is 3.08. The summed E-state index contributed by atoms with van der Waals surface area (Å²) in [5.41, 5.74) is 2.21. The van der Waals surface area contributed by atoms with E-state index in [1.807, 2.05) is 42.5 Å². The SMILES string of the molecule is OC[C@@H]1CCCN1Cc1c(Br)cccc1OCc1ccc(Cl)cc1. The number of aliphatic hydroxyl groups is 1. The first kappa shape index (κ1) is 17.7. The minimum Gasteiger partial charge on any atom is -0.489 e. The van der Waals surface area contributed by atoms with Crippen LogP contribution in [0.2, 0.25) is 5.02 Å². The van der Waals surface area contributed by atoms with Gasteiger partial charge in [0.05, 0.1) is 6.61 Å². The van der Waals surface area contributed by atoms with E-state index in [-0.39, 0.29) is 12.6 Å². The van der Waals surface area contributed by atoms with Crippen LogP contribution in [-0.2, 0) is 13.2 Å². The molecule has 0 unspecified atom stereocenters. The number of hydrogen-bond donors (Lipinski definition) is 1. The lowest BCUT2D eigenvalue weighted by atomic mass is 10.1. The maximum Gasteiger partial charge on any atom is 0.125 e. The Kier molecular flexibility index (Phi) is 6.17. The van der Waals surface area contributed by atoms with Crippen LogP contribution >= 0.6 is 27.5 Å². The third-order valence-electron chi connectivity index (χ3n) is 4.45. The van der Waals surface area contributed by atoms with Crippen molar-refractivity contribution in [3.8, 4) is 5.75 Å². The number of aliphatic hydroxyl groups excluding tert-OH is 1. The minimum absolute atomic E-state index is 0.214. The molecule has 0 saturated carbocycles. The lowest BCUT2D eigenvalue weighted by Gasteiger charge is -2.24. The first-order valence-corrected chi connectivity index (χ1v) is 9.34. The molecule has 1 N–H and O–H groups in total. The largest absolute Gasteiger partial charge is 0.489 e. The molecule has 3 rings (SSSR count). The molecule has 0 aliphatic carbocycles. The van der Waals surface area contributed by atoms with E-state index < -0.39 is 0 Å². The van der Waals surface area contributed by atoms with Crippen molar-refractivity contribution in [2.75, 3.05) is 13.2 Å². The van der Waals surface area contributed by atoms with Gasteiger partial charge in [0.2, 0.25) is 0 Å². The van der Waals surface area contributed by atoms with Gasteiger partial charge in [0.1, 0.15) is 12.4 Å². The lowest BCUT2D eigenvalue weighted by Crippen LogP contribution is -2.31. The normalized spacial score (nSPS) is 18.0. The molecule has 128 valence electrons. The number of likely N-dealkylation sites (tertiary alicyclic amines) is 1. The van der Waals surface area contributed by atoms with E-state index in [2.05, 4.69) is 20.8 Å². The minimum atomic E-state index is 0.214. The van der Waals surface area contributed by atoms with Gasteiger partial charge in [-0.25, -0.2) is 0 Å². The molecule has 1 fully saturated rings. The van der Waals surface area contributed by atoms with Gasteiger partial charge in [0.15, 0.2) is 0 Å². The molecule has 2 aromatic carbocycles. The van der Waals surface area contributed by atoms with Crippen LogP contribution < -0.4 is 4.74 Å². The Morgan fingerprint density at radius 2 is 2.00 bits per heavy atom. The average molecular weight is 411 g/mol. The van der Waals surface area contributed by atoms with Crippen molar-refractivity contribution in [1.82, 2.24) is 4.90 Å². The highest BCUT2D eigenvalue weighted by Gasteiger charge is 2.25. The molecule has 0 bridgehead atoms. The summed E-state index contributed by atoms with van der Waals surface area (Å²) in [5, 5.41) is 10.3. The summed E-state index contributed by atoms with van der Waals surface area (Å²) in [6.07, 6.45) is 2.19. The fraction of sp³-hybridized carbons (Fsp3) is 0.368. The van der Waals surface area contributed by atoms with Crippen LogP contribution in [0.1, 0.15) is 24.0 Å². The van der Waals surface area contributed by atoms with E-state index in [4.69, 9.17) is 16.3 Å². The van der Waals surface area contributed by atoms with Crippen LogP contribution in [-0.4, -0.2) is 29.2 Å². The van der Waals surface area contributed by atoms with Crippen molar-refractivity contribution >= 4 is 27.5 Å². The van der Waals surface area contributed by atoms with E-state index in [9.17, 15) is 5.11 Å². The Balaban J connectivity index is 1.73. The number of rotatable bonds is 6. The van der Waals surface area contributed by atoms with Gasteiger partial charge < -0.3 is 9.84 Å². The molecular formula is C19H21BrClNO2. The van der Waals surface area contributed by atoms with E-state index in [1.165, 1.54) is 0 Å². The van der Waals surface area contributed by atoms with Crippen LogP contribution in [0.15, 0.2) is 46.9 Å². The molecule has 1 atom stereocenters. The lowest BCUT2D eigenvalue weighted by molar-refractivity contribution is 0.151. The Bertz CT molecular complexity index is 678. The summed E-state index contributed by atoms with van der Waals surface area (Å²) in [4.78, 5) is 2.33. The second-order valence-corrected chi connectivity index (χ2v) is 7.37. The van der Waals surface area contributed by atoms with Crippen LogP contribution in [0.5, 0.6) is 5.75 Å². The zero-order chi connectivity index (χ0) is 16.9. The summed E-state index contributed by atoms with van der Waals surface area (Å²) < 4.78 is 7.10. The van der Waals surface area contributed by atoms with E-state index in [0.717, 1.165) is 52.3 Å². The number of hydrogen-bond acceptors (Lipinski definition) is 3. The molecule has 2 aromatic rings. The van der Waals surface area contributed by atoms with E-state index in [1.54, 1.807) is 0 Å². The maximum absolute atomic E-state index is 9.53. The van der Waals surface area contributed by atoms with E-state index in [0.29, 0.717) is 6.61 Å². The predicted octanol–water partition coefficient (Wildman–Crippen LogP) is 4.64. The first-order chi connectivity index (χ1) is 11.7. The van der Waals surface area contributed by atoms with Gasteiger partial charge in [-0.2, -0.15) is 0 Å². The first-order valence-electron chi connectivity index (χ1n) is 8.17. The molecule has 0 amide bonds. The van der Waals surface area contributed by atoms with Crippen LogP contribution in [0.4, 0.5) is 0 Å². The van der Waals surface area contributed by atoms with Crippen molar-refractivity contribution in [3.05, 3.63) is 63.1 Å². The predicted molar refractivity (Wildman–Crippen MR) is 100 cm³/mol. The summed E-state index contributed by atoms with van der Waals surface area (Å²) in [5.74, 6) is 0.878. The summed E-state index contributed by atoms with van der Waals surface area (Å²) in [6, 6.07) is 14.0. The molecule has 3 nitrogen and oxygen atoms in total. The Morgan fingerprint density at radius 3 is 2.75 bits per heavy atom. The second kappa shape index (κ2) is 8.34. The zero-order valence-electron chi connectivity index (χ0n) is 13.4. The monoisotopic (exact) mass is 409 g/mol. The topological polar surface area (TPSA) is 32.7 Å². The summed E-state index contributed by atoms with van der Waals surface area (Å²) >= 11 is 9.57. The van der Waals surface area contributed by atoms with Crippen molar-refractivity contribution in [2.24, 2.45) is 0 Å². The smallest absolute Gasteiger partial charge is 0.125 e. The summed E-state index contributed by atoms with van der Waals surface area (Å²) in [7, 11) is 0. The number of halogens is 2. The molecule has 24 heavy (non-hydrogen) atoms. The molecule has 5 heteroatoms. The van der Waals surface area contributed by atoms with Gasteiger partial charge in [-0.05, 0) is 49.2 Å². The maximum atomic E-state index is 9.53. The van der Waals surface area contributed by atoms with Crippen LogP contribution in [0.25, 0.3) is 0 Å². The third-order valence-corrected chi connectivity index (χ3v) is 5.45. The van der Waals surface area contributed by atoms with Gasteiger partial charge in [-0.3, -0.25) is 4.90 Å². The summed E-state index contributed by atoms with van der Waals surface area (Å²) in [6.45, 7) is 2.52. The average Bonchev–Trinajstić information content (AvgIpc) is 3.04. The van der Waals surface area contributed by atoms with Gasteiger partial charge >= 0.3 is 0 Å². The third kappa shape index (κ3) is 4.31. The fourth-order valence-corrected chi connectivity index (χ4v) is 3.68. The highest BCUT2D eigenvalue weighted by Crippen LogP contribution is 2.31. The van der Waals surface area contributed by atoms with Gasteiger partial charge in [0.25, 0.3) is 0 Å². The Morgan fingerprint density at radius 1 is 1.21 bits per heavy atom. The highest BCUT2D eigenvalue weighted by molar-refractivity contribution is 9.10. The molecule has 1 aliphatic heterocycles. The number of nitrogens with zero attached hydrogens (tertiary/aromatic N) is 1. The quantitative estimate of drug-likeness (QED) is 0.753. The van der Waals surface area contributed by atoms with Gasteiger partial charge in [-0.15, -0.1) is 0 Å². The molecule has 1 aliphatic rings. The highest BCUT2D eigenvalue weighted by atomic mass is 79.9. The van der Waals surface area contributed by atoms with Crippen LogP contribution in [0.3, 0.4) is 0 Å². The van der Waals surface area contributed by atoms with Gasteiger partial charge in [-0.1, -0.05) is 45.7 Å². The molecule has 0 aromatic heterocycles. The van der Waals surface area contributed by atoms with Crippen molar-refractivity contribution in [1.29, 1.82) is 0 Å². The Labute approximate surface area is 156 Å². The van der Waals surface area contributed by atoms with Crippen molar-refractivity contribution in [2.45, 2.75) is 32.0 Å².